The highest BCUT2D eigenvalue weighted by atomic mass is 16.6. The van der Waals surface area contributed by atoms with Crippen LogP contribution in [0.5, 0.6) is 0 Å². The molecule has 0 spiro atoms. The van der Waals surface area contributed by atoms with Gasteiger partial charge >= 0.3 is 6.09 Å². The molecule has 1 atom stereocenters. The van der Waals surface area contributed by atoms with E-state index in [2.05, 4.69) is 4.98 Å². The van der Waals surface area contributed by atoms with Crippen molar-refractivity contribution in [2.24, 2.45) is 0 Å². The average Bonchev–Trinajstić information content (AvgIpc) is 2.59. The van der Waals surface area contributed by atoms with Crippen LogP contribution in [0.3, 0.4) is 0 Å². The zero-order chi connectivity index (χ0) is 18.9. The maximum atomic E-state index is 12.4. The van der Waals surface area contributed by atoms with Gasteiger partial charge in [0.1, 0.15) is 11.3 Å². The van der Waals surface area contributed by atoms with Crippen LogP contribution in [0, 0.1) is 10.1 Å². The fraction of sp³-hybridized carbons (Fsp3) is 0.474. The molecule has 1 amide bonds. The molecule has 0 saturated carbocycles. The zero-order valence-corrected chi connectivity index (χ0v) is 15.3. The van der Waals surface area contributed by atoms with Crippen LogP contribution in [0.15, 0.2) is 30.3 Å². The molecule has 2 heterocycles. The molecule has 7 heteroatoms. The van der Waals surface area contributed by atoms with Gasteiger partial charge in [-0.1, -0.05) is 18.2 Å². The highest BCUT2D eigenvalue weighted by Gasteiger charge is 2.32. The second-order valence-electron chi connectivity index (χ2n) is 7.61. The summed E-state index contributed by atoms with van der Waals surface area (Å²) in [5.74, 6) is -0.179. The first-order valence-corrected chi connectivity index (χ1v) is 8.76. The number of carbonyl (C=O) groups excluding carboxylic acids is 1. The van der Waals surface area contributed by atoms with Gasteiger partial charge in [0.15, 0.2) is 0 Å². The summed E-state index contributed by atoms with van der Waals surface area (Å²) < 4.78 is 5.44. The van der Waals surface area contributed by atoms with E-state index in [1.807, 2.05) is 45.0 Å². The topological polar surface area (TPSA) is 85.6 Å². The number of carbonyl (C=O) groups is 1. The van der Waals surface area contributed by atoms with Gasteiger partial charge in [0.2, 0.25) is 0 Å². The molecule has 26 heavy (non-hydrogen) atoms. The van der Waals surface area contributed by atoms with Gasteiger partial charge in [-0.15, -0.1) is 0 Å². The van der Waals surface area contributed by atoms with Crippen LogP contribution < -0.4 is 0 Å². The second-order valence-corrected chi connectivity index (χ2v) is 7.61. The van der Waals surface area contributed by atoms with Crippen molar-refractivity contribution in [1.29, 1.82) is 0 Å². The molecule has 1 aromatic carbocycles. The number of fused-ring (bicyclic) bond motifs is 1. The van der Waals surface area contributed by atoms with Crippen LogP contribution in [0.2, 0.25) is 0 Å². The van der Waals surface area contributed by atoms with E-state index in [4.69, 9.17) is 4.74 Å². The molecular formula is C19H23N3O4. The van der Waals surface area contributed by atoms with E-state index in [0.29, 0.717) is 18.8 Å². The summed E-state index contributed by atoms with van der Waals surface area (Å²) >= 11 is 0. The van der Waals surface area contributed by atoms with Crippen LogP contribution in [0.1, 0.15) is 45.2 Å². The molecule has 0 bridgehead atoms. The minimum absolute atomic E-state index is 0.0136. The summed E-state index contributed by atoms with van der Waals surface area (Å²) in [5.41, 5.74) is 0.612. The Kier molecular flexibility index (Phi) is 4.80. The number of nitrogens with zero attached hydrogens (tertiary/aromatic N) is 3. The summed E-state index contributed by atoms with van der Waals surface area (Å²) in [6.45, 7) is 6.43. The van der Waals surface area contributed by atoms with Crippen molar-refractivity contribution in [2.45, 2.75) is 45.1 Å². The van der Waals surface area contributed by atoms with E-state index in [1.54, 1.807) is 11.0 Å². The molecule has 3 rings (SSSR count). The number of pyridine rings is 1. The largest absolute Gasteiger partial charge is 0.444 e. The van der Waals surface area contributed by atoms with Gasteiger partial charge < -0.3 is 9.64 Å². The van der Waals surface area contributed by atoms with E-state index in [9.17, 15) is 14.9 Å². The van der Waals surface area contributed by atoms with Crippen molar-refractivity contribution >= 4 is 22.7 Å². The molecule has 7 nitrogen and oxygen atoms in total. The first-order valence-electron chi connectivity index (χ1n) is 8.76. The minimum Gasteiger partial charge on any atom is -0.444 e. The summed E-state index contributed by atoms with van der Waals surface area (Å²) in [7, 11) is 0. The Bertz CT molecular complexity index is 844. The number of likely N-dealkylation sites (tertiary alicyclic amines) is 1. The Labute approximate surface area is 152 Å². The van der Waals surface area contributed by atoms with Gasteiger partial charge in [0.25, 0.3) is 5.69 Å². The Hall–Kier alpha value is -2.70. The van der Waals surface area contributed by atoms with Crippen LogP contribution in [0.25, 0.3) is 10.9 Å². The second kappa shape index (κ2) is 6.90. The monoisotopic (exact) mass is 357 g/mol. The summed E-state index contributed by atoms with van der Waals surface area (Å²) in [5, 5.41) is 12.3. The third-order valence-electron chi connectivity index (χ3n) is 4.39. The molecule has 1 fully saturated rings. The molecule has 0 N–H and O–H groups in total. The van der Waals surface area contributed by atoms with Gasteiger partial charge in [-0.25, -0.2) is 9.78 Å². The molecule has 1 aromatic heterocycles. The van der Waals surface area contributed by atoms with E-state index in [-0.39, 0.29) is 22.6 Å². The fourth-order valence-electron chi connectivity index (χ4n) is 3.26. The maximum absolute atomic E-state index is 12.4. The predicted octanol–water partition coefficient (Wildman–Crippen LogP) is 4.26. The normalized spacial score (nSPS) is 18.0. The fourth-order valence-corrected chi connectivity index (χ4v) is 3.26. The van der Waals surface area contributed by atoms with Crippen molar-refractivity contribution in [2.75, 3.05) is 13.1 Å². The van der Waals surface area contributed by atoms with Crippen molar-refractivity contribution in [1.82, 2.24) is 9.88 Å². The average molecular weight is 357 g/mol. The Balaban J connectivity index is 1.91. The van der Waals surface area contributed by atoms with Gasteiger partial charge in [-0.2, -0.15) is 0 Å². The molecule has 1 aliphatic heterocycles. The van der Waals surface area contributed by atoms with Crippen LogP contribution in [-0.2, 0) is 4.74 Å². The lowest BCUT2D eigenvalue weighted by Gasteiger charge is -2.33. The molecule has 2 aromatic rings. The van der Waals surface area contributed by atoms with Gasteiger partial charge in [0, 0.05) is 30.5 Å². The number of para-hydroxylation sites is 1. The molecule has 0 radical (unpaired) electrons. The Morgan fingerprint density at radius 2 is 2.08 bits per heavy atom. The number of aromatic nitrogens is 1. The molecule has 0 aliphatic carbocycles. The van der Waals surface area contributed by atoms with Crippen molar-refractivity contribution in [3.63, 3.8) is 0 Å². The van der Waals surface area contributed by atoms with E-state index in [0.717, 1.165) is 23.7 Å². The van der Waals surface area contributed by atoms with Gasteiger partial charge in [-0.05, 0) is 39.7 Å². The van der Waals surface area contributed by atoms with Crippen molar-refractivity contribution in [3.8, 4) is 0 Å². The lowest BCUT2D eigenvalue weighted by atomic mass is 9.93. The third kappa shape index (κ3) is 3.92. The SMILES string of the molecule is CC(C)(C)OC(=O)N1CCCC(c2nc3ccccc3cc2[N+](=O)[O-])C1. The number of piperidine rings is 1. The minimum atomic E-state index is -0.572. The number of hydrogen-bond donors (Lipinski definition) is 0. The standard InChI is InChI=1S/C19H23N3O4/c1-19(2,3)26-18(23)21-10-6-8-14(12-21)17-16(22(24)25)11-13-7-4-5-9-15(13)20-17/h4-5,7,9,11,14H,6,8,10,12H2,1-3H3. The van der Waals surface area contributed by atoms with Crippen molar-refractivity contribution < 1.29 is 14.5 Å². The third-order valence-corrected chi connectivity index (χ3v) is 4.39. The summed E-state index contributed by atoms with van der Waals surface area (Å²) in [4.78, 5) is 29.7. The number of amides is 1. The van der Waals surface area contributed by atoms with Crippen LogP contribution in [0.4, 0.5) is 10.5 Å². The number of rotatable bonds is 2. The molecule has 1 aliphatic rings. The Morgan fingerprint density at radius 1 is 1.35 bits per heavy atom. The summed E-state index contributed by atoms with van der Waals surface area (Å²) in [6.07, 6.45) is 1.13. The highest BCUT2D eigenvalue weighted by Crippen LogP contribution is 2.34. The maximum Gasteiger partial charge on any atom is 0.410 e. The van der Waals surface area contributed by atoms with E-state index < -0.39 is 5.60 Å². The van der Waals surface area contributed by atoms with E-state index >= 15 is 0 Å². The zero-order valence-electron chi connectivity index (χ0n) is 15.3. The van der Waals surface area contributed by atoms with Gasteiger partial charge in [0.05, 0.1) is 10.4 Å². The Morgan fingerprint density at radius 3 is 2.77 bits per heavy atom. The number of benzene rings is 1. The first-order chi connectivity index (χ1) is 12.2. The van der Waals surface area contributed by atoms with E-state index in [1.165, 1.54) is 0 Å². The lowest BCUT2D eigenvalue weighted by Crippen LogP contribution is -2.42. The summed E-state index contributed by atoms with van der Waals surface area (Å²) in [6, 6.07) is 8.92. The smallest absolute Gasteiger partial charge is 0.410 e. The van der Waals surface area contributed by atoms with Crippen LogP contribution >= 0.6 is 0 Å². The van der Waals surface area contributed by atoms with Crippen LogP contribution in [-0.4, -0.2) is 39.6 Å². The lowest BCUT2D eigenvalue weighted by molar-refractivity contribution is -0.386. The van der Waals surface area contributed by atoms with Gasteiger partial charge in [-0.3, -0.25) is 10.1 Å². The number of hydrogen-bond acceptors (Lipinski definition) is 5. The molecular weight excluding hydrogens is 334 g/mol. The molecule has 1 unspecified atom stereocenters. The highest BCUT2D eigenvalue weighted by molar-refractivity contribution is 5.81. The van der Waals surface area contributed by atoms with Crippen molar-refractivity contribution in [3.05, 3.63) is 46.1 Å². The quantitative estimate of drug-likeness (QED) is 0.592. The first kappa shape index (κ1) is 18.1. The number of nitro groups is 1. The molecule has 138 valence electrons. The predicted molar refractivity (Wildman–Crippen MR) is 98.2 cm³/mol. The molecule has 1 saturated heterocycles. The number of ether oxygens (including phenoxy) is 1.